The van der Waals surface area contributed by atoms with Gasteiger partial charge in [-0.15, -0.1) is 0 Å². The highest BCUT2D eigenvalue weighted by Gasteiger charge is 2.29. The van der Waals surface area contributed by atoms with Gasteiger partial charge in [-0.2, -0.15) is 0 Å². The third kappa shape index (κ3) is 4.01. The van der Waals surface area contributed by atoms with Gasteiger partial charge in [0, 0.05) is 46.0 Å². The molecule has 1 aromatic rings. The van der Waals surface area contributed by atoms with E-state index in [1.807, 2.05) is 29.0 Å². The molecule has 0 aromatic heterocycles. The van der Waals surface area contributed by atoms with Gasteiger partial charge in [0.05, 0.1) is 6.54 Å². The number of para-hydroxylation sites is 1. The molecular formula is C20H30N4O2. The van der Waals surface area contributed by atoms with Crippen LogP contribution in [0.3, 0.4) is 0 Å². The Morgan fingerprint density at radius 1 is 1.12 bits per heavy atom. The number of fused-ring (bicyclic) bond motifs is 1. The van der Waals surface area contributed by atoms with E-state index in [9.17, 15) is 9.59 Å². The molecule has 2 aliphatic rings. The van der Waals surface area contributed by atoms with Crippen molar-refractivity contribution in [2.45, 2.75) is 31.7 Å². The number of carbonyl (C=O) groups is 2. The number of benzene rings is 1. The summed E-state index contributed by atoms with van der Waals surface area (Å²) in [6.07, 6.45) is 4.07. The van der Waals surface area contributed by atoms with E-state index in [1.54, 1.807) is 19.0 Å². The number of rotatable bonds is 3. The number of hydrogen-bond donors (Lipinski definition) is 0. The predicted molar refractivity (Wildman–Crippen MR) is 103 cm³/mol. The quantitative estimate of drug-likeness (QED) is 0.831. The molecule has 2 aliphatic heterocycles. The maximum atomic E-state index is 12.9. The minimum absolute atomic E-state index is 0.0214. The highest BCUT2D eigenvalue weighted by Crippen LogP contribution is 2.27. The van der Waals surface area contributed by atoms with Crippen molar-refractivity contribution in [3.05, 3.63) is 29.8 Å². The van der Waals surface area contributed by atoms with Crippen molar-refractivity contribution in [3.63, 3.8) is 0 Å². The van der Waals surface area contributed by atoms with Crippen LogP contribution in [0.25, 0.3) is 0 Å². The first kappa shape index (κ1) is 18.7. The molecule has 2 heterocycles. The lowest BCUT2D eigenvalue weighted by molar-refractivity contribution is -0.120. The first-order valence-corrected chi connectivity index (χ1v) is 9.52. The number of amides is 3. The summed E-state index contributed by atoms with van der Waals surface area (Å²) in [7, 11) is 5.41. The molecule has 0 saturated carbocycles. The summed E-state index contributed by atoms with van der Waals surface area (Å²) < 4.78 is 0. The molecular weight excluding hydrogens is 328 g/mol. The minimum Gasteiger partial charge on any atom is -0.331 e. The van der Waals surface area contributed by atoms with Crippen LogP contribution in [0.15, 0.2) is 24.3 Å². The molecule has 0 spiro atoms. The van der Waals surface area contributed by atoms with E-state index in [-0.39, 0.29) is 18.0 Å². The van der Waals surface area contributed by atoms with Gasteiger partial charge in [0.15, 0.2) is 0 Å². The highest BCUT2D eigenvalue weighted by atomic mass is 16.2. The fraction of sp³-hybridized carbons (Fsp3) is 0.600. The molecule has 0 bridgehead atoms. The van der Waals surface area contributed by atoms with Crippen molar-refractivity contribution in [2.24, 2.45) is 0 Å². The Balaban J connectivity index is 1.62. The number of hydrogen-bond acceptors (Lipinski definition) is 3. The van der Waals surface area contributed by atoms with Gasteiger partial charge >= 0.3 is 6.03 Å². The monoisotopic (exact) mass is 358 g/mol. The Hall–Kier alpha value is -2.08. The van der Waals surface area contributed by atoms with Crippen LogP contribution < -0.4 is 4.90 Å². The van der Waals surface area contributed by atoms with Gasteiger partial charge in [0.2, 0.25) is 5.91 Å². The standard InChI is InChI=1S/C20H30N4O2/c1-21(2)20(26)22(3)17-10-7-12-23(14-17)15-19(25)24-13-6-9-16-8-4-5-11-18(16)24/h4-5,8,11,17H,6-7,9-10,12-15H2,1-3H3. The van der Waals surface area contributed by atoms with Gasteiger partial charge in [0.25, 0.3) is 0 Å². The highest BCUT2D eigenvalue weighted by molar-refractivity contribution is 5.96. The number of likely N-dealkylation sites (N-methyl/N-ethyl adjacent to an activating group) is 1. The molecule has 3 rings (SSSR count). The summed E-state index contributed by atoms with van der Waals surface area (Å²) in [6.45, 7) is 2.90. The van der Waals surface area contributed by atoms with E-state index in [0.717, 1.165) is 51.0 Å². The molecule has 142 valence electrons. The van der Waals surface area contributed by atoms with Crippen LogP contribution in [0.2, 0.25) is 0 Å². The van der Waals surface area contributed by atoms with Crippen molar-refractivity contribution in [3.8, 4) is 0 Å². The normalized spacial score (nSPS) is 20.4. The largest absolute Gasteiger partial charge is 0.331 e. The summed E-state index contributed by atoms with van der Waals surface area (Å²) in [4.78, 5) is 32.7. The number of carbonyl (C=O) groups excluding carboxylic acids is 2. The van der Waals surface area contributed by atoms with Crippen molar-refractivity contribution < 1.29 is 9.59 Å². The van der Waals surface area contributed by atoms with Gasteiger partial charge in [0.1, 0.15) is 0 Å². The average Bonchev–Trinajstić information content (AvgIpc) is 2.66. The summed E-state index contributed by atoms with van der Waals surface area (Å²) in [5, 5.41) is 0. The van der Waals surface area contributed by atoms with E-state index >= 15 is 0 Å². The number of likely N-dealkylation sites (tertiary alicyclic amines) is 1. The first-order valence-electron chi connectivity index (χ1n) is 9.52. The molecule has 0 radical (unpaired) electrons. The van der Waals surface area contributed by atoms with Gasteiger partial charge < -0.3 is 14.7 Å². The summed E-state index contributed by atoms with van der Waals surface area (Å²) in [5.41, 5.74) is 2.33. The lowest BCUT2D eigenvalue weighted by atomic mass is 10.0. The number of urea groups is 1. The van der Waals surface area contributed by atoms with Crippen LogP contribution >= 0.6 is 0 Å². The SMILES string of the molecule is CN(C)C(=O)N(C)C1CCCN(CC(=O)N2CCCc3ccccc32)C1. The van der Waals surface area contributed by atoms with Crippen LogP contribution in [0.1, 0.15) is 24.8 Å². The Kier molecular flexibility index (Phi) is 5.81. The Labute approximate surface area is 156 Å². The van der Waals surface area contributed by atoms with Gasteiger partial charge in [-0.05, 0) is 43.9 Å². The maximum absolute atomic E-state index is 12.9. The number of anilines is 1. The zero-order chi connectivity index (χ0) is 18.7. The first-order chi connectivity index (χ1) is 12.5. The van der Waals surface area contributed by atoms with E-state index < -0.39 is 0 Å². The molecule has 6 nitrogen and oxygen atoms in total. The van der Waals surface area contributed by atoms with Crippen LogP contribution in [0, 0.1) is 0 Å². The summed E-state index contributed by atoms with van der Waals surface area (Å²) in [5.74, 6) is 0.166. The van der Waals surface area contributed by atoms with Gasteiger partial charge in [-0.3, -0.25) is 9.69 Å². The van der Waals surface area contributed by atoms with Crippen molar-refractivity contribution in [1.82, 2.24) is 14.7 Å². The lowest BCUT2D eigenvalue weighted by Crippen LogP contribution is -2.53. The molecule has 1 atom stereocenters. The van der Waals surface area contributed by atoms with Crippen LogP contribution in [0.4, 0.5) is 10.5 Å². The predicted octanol–water partition coefficient (Wildman–Crippen LogP) is 2.04. The van der Waals surface area contributed by atoms with E-state index in [2.05, 4.69) is 17.0 Å². The third-order valence-corrected chi connectivity index (χ3v) is 5.48. The second-order valence-electron chi connectivity index (χ2n) is 7.60. The van der Waals surface area contributed by atoms with Crippen LogP contribution in [-0.2, 0) is 11.2 Å². The van der Waals surface area contributed by atoms with Crippen molar-refractivity contribution >= 4 is 17.6 Å². The molecule has 0 aliphatic carbocycles. The Morgan fingerprint density at radius 3 is 2.65 bits per heavy atom. The fourth-order valence-corrected chi connectivity index (χ4v) is 4.03. The van der Waals surface area contributed by atoms with E-state index in [0.29, 0.717) is 6.54 Å². The second-order valence-corrected chi connectivity index (χ2v) is 7.60. The van der Waals surface area contributed by atoms with E-state index in [4.69, 9.17) is 0 Å². The van der Waals surface area contributed by atoms with Crippen molar-refractivity contribution in [1.29, 1.82) is 0 Å². The van der Waals surface area contributed by atoms with Crippen LogP contribution in [-0.4, -0.2) is 80.0 Å². The van der Waals surface area contributed by atoms with Gasteiger partial charge in [-0.25, -0.2) is 4.79 Å². The molecule has 1 fully saturated rings. The molecule has 1 unspecified atom stereocenters. The zero-order valence-electron chi connectivity index (χ0n) is 16.1. The third-order valence-electron chi connectivity index (χ3n) is 5.48. The van der Waals surface area contributed by atoms with Gasteiger partial charge in [-0.1, -0.05) is 18.2 Å². The summed E-state index contributed by atoms with van der Waals surface area (Å²) >= 11 is 0. The molecule has 26 heavy (non-hydrogen) atoms. The molecule has 3 amide bonds. The second kappa shape index (κ2) is 8.08. The Morgan fingerprint density at radius 2 is 1.88 bits per heavy atom. The Bertz CT molecular complexity index is 661. The number of aryl methyl sites for hydroxylation is 1. The smallest absolute Gasteiger partial charge is 0.319 e. The molecule has 0 N–H and O–H groups in total. The number of nitrogens with zero attached hydrogens (tertiary/aromatic N) is 4. The van der Waals surface area contributed by atoms with E-state index in [1.165, 1.54) is 5.56 Å². The minimum atomic E-state index is 0.0214. The van der Waals surface area contributed by atoms with Crippen molar-refractivity contribution in [2.75, 3.05) is 52.2 Å². The molecule has 1 saturated heterocycles. The maximum Gasteiger partial charge on any atom is 0.319 e. The molecule has 1 aromatic carbocycles. The average molecular weight is 358 g/mol. The topological polar surface area (TPSA) is 47.1 Å². The molecule has 6 heteroatoms. The fourth-order valence-electron chi connectivity index (χ4n) is 4.03. The summed E-state index contributed by atoms with van der Waals surface area (Å²) in [6, 6.07) is 8.40. The number of piperidine rings is 1. The zero-order valence-corrected chi connectivity index (χ0v) is 16.1. The van der Waals surface area contributed by atoms with Crippen LogP contribution in [0.5, 0.6) is 0 Å². The lowest BCUT2D eigenvalue weighted by Gasteiger charge is -2.39.